The minimum Gasteiger partial charge on any atom is -0.373 e. The third-order valence-corrected chi connectivity index (χ3v) is 6.53. The summed E-state index contributed by atoms with van der Waals surface area (Å²) >= 11 is 6.01. The number of rotatable bonds is 3. The van der Waals surface area contributed by atoms with E-state index in [0.717, 1.165) is 46.3 Å². The third-order valence-electron chi connectivity index (χ3n) is 6.30. The molecule has 31 heavy (non-hydrogen) atoms. The lowest BCUT2D eigenvalue weighted by Crippen LogP contribution is -2.19. The van der Waals surface area contributed by atoms with Gasteiger partial charge >= 0.3 is 0 Å². The van der Waals surface area contributed by atoms with E-state index in [4.69, 9.17) is 21.4 Å². The van der Waals surface area contributed by atoms with E-state index in [1.54, 1.807) is 16.8 Å². The quantitative estimate of drug-likeness (QED) is 0.407. The van der Waals surface area contributed by atoms with E-state index < -0.39 is 0 Å². The fraction of sp³-hybridized carbons (Fsp3) is 0.333. The lowest BCUT2D eigenvalue weighted by molar-refractivity contribution is 0.00517. The second-order valence-electron chi connectivity index (χ2n) is 8.34. The Morgan fingerprint density at radius 3 is 2.71 bits per heavy atom. The first-order valence-corrected chi connectivity index (χ1v) is 10.8. The van der Waals surface area contributed by atoms with E-state index in [2.05, 4.69) is 17.4 Å². The zero-order valence-electron chi connectivity index (χ0n) is 17.8. The van der Waals surface area contributed by atoms with Crippen LogP contribution in [-0.4, -0.2) is 26.0 Å². The average molecular weight is 439 g/mol. The predicted octanol–water partition coefficient (Wildman–Crippen LogP) is 5.78. The van der Waals surface area contributed by atoms with Crippen molar-refractivity contribution in [2.45, 2.75) is 38.7 Å². The number of nitrogens with zero attached hydrogens (tertiary/aromatic N) is 4. The van der Waals surface area contributed by atoms with E-state index in [1.165, 1.54) is 6.07 Å². The van der Waals surface area contributed by atoms with Crippen molar-refractivity contribution in [2.24, 2.45) is 7.05 Å². The number of pyridine rings is 1. The maximum Gasteiger partial charge on any atom is 0.132 e. The van der Waals surface area contributed by atoms with Gasteiger partial charge in [0.1, 0.15) is 5.82 Å². The van der Waals surface area contributed by atoms with Crippen molar-refractivity contribution in [2.75, 3.05) is 6.61 Å². The molecule has 2 unspecified atom stereocenters. The monoisotopic (exact) mass is 438 g/mol. The van der Waals surface area contributed by atoms with Crippen LogP contribution in [0.5, 0.6) is 0 Å². The first-order valence-electron chi connectivity index (χ1n) is 10.5. The Labute approximate surface area is 185 Å². The molecule has 0 radical (unpaired) electrons. The van der Waals surface area contributed by atoms with Crippen LogP contribution in [-0.2, 0) is 11.8 Å². The fourth-order valence-electron chi connectivity index (χ4n) is 4.54. The molecule has 4 aromatic rings. The van der Waals surface area contributed by atoms with Crippen molar-refractivity contribution in [3.05, 3.63) is 76.1 Å². The number of fused-ring (bicyclic) bond motifs is 1. The summed E-state index contributed by atoms with van der Waals surface area (Å²) in [5, 5.41) is 9.38. The normalized spacial score (nSPS) is 19.3. The molecule has 1 aromatic carbocycles. The lowest BCUT2D eigenvalue weighted by Gasteiger charge is -2.29. The van der Waals surface area contributed by atoms with Gasteiger partial charge in [-0.25, -0.2) is 8.91 Å². The van der Waals surface area contributed by atoms with Gasteiger partial charge in [-0.05, 0) is 68.0 Å². The van der Waals surface area contributed by atoms with Crippen molar-refractivity contribution in [1.82, 2.24) is 19.4 Å². The summed E-state index contributed by atoms with van der Waals surface area (Å²) in [4.78, 5) is 0. The van der Waals surface area contributed by atoms with E-state index in [9.17, 15) is 4.39 Å². The Morgan fingerprint density at radius 2 is 1.97 bits per heavy atom. The van der Waals surface area contributed by atoms with E-state index in [1.807, 2.05) is 37.8 Å². The molecule has 7 heteroatoms. The van der Waals surface area contributed by atoms with Crippen LogP contribution in [0.1, 0.15) is 47.2 Å². The van der Waals surface area contributed by atoms with Crippen molar-refractivity contribution in [3.63, 3.8) is 0 Å². The van der Waals surface area contributed by atoms with Crippen LogP contribution in [0.4, 0.5) is 4.39 Å². The standard InChI is InChI=1S/C24H24ClFN4O/c1-14-15(2)28-30-13-17(8-21(24(14)30)20-5-4-19(25)10-22(20)26)16-6-7-31-23(9-16)18-11-27-29(3)12-18/h4-5,8,10-13,16,23H,6-7,9H2,1-3H3. The fourth-order valence-corrected chi connectivity index (χ4v) is 4.70. The van der Waals surface area contributed by atoms with Gasteiger partial charge in [0.15, 0.2) is 0 Å². The van der Waals surface area contributed by atoms with E-state index in [-0.39, 0.29) is 17.8 Å². The van der Waals surface area contributed by atoms with Gasteiger partial charge in [-0.3, -0.25) is 4.68 Å². The van der Waals surface area contributed by atoms with Crippen LogP contribution >= 0.6 is 11.6 Å². The molecule has 5 rings (SSSR count). The first-order chi connectivity index (χ1) is 14.9. The molecular formula is C24H24ClFN4O. The minimum absolute atomic E-state index is 0.0000383. The molecule has 1 fully saturated rings. The van der Waals surface area contributed by atoms with Gasteiger partial charge in [0.05, 0.1) is 23.5 Å². The Bertz CT molecular complexity index is 1280. The molecule has 0 aliphatic carbocycles. The molecular weight excluding hydrogens is 415 g/mol. The third kappa shape index (κ3) is 3.64. The maximum atomic E-state index is 14.9. The summed E-state index contributed by atoms with van der Waals surface area (Å²) in [6, 6.07) is 6.97. The SMILES string of the molecule is Cc1nn2cc(C3CCOC(c4cnn(C)c4)C3)cc(-c3ccc(Cl)cc3F)c2c1C. The molecule has 1 aliphatic heterocycles. The van der Waals surface area contributed by atoms with Crippen LogP contribution in [0.2, 0.25) is 5.02 Å². The van der Waals surface area contributed by atoms with Gasteiger partial charge in [-0.2, -0.15) is 10.2 Å². The number of aryl methyl sites for hydroxylation is 3. The molecule has 160 valence electrons. The number of aromatic nitrogens is 4. The summed E-state index contributed by atoms with van der Waals surface area (Å²) in [7, 11) is 1.91. The van der Waals surface area contributed by atoms with Gasteiger partial charge < -0.3 is 4.74 Å². The predicted molar refractivity (Wildman–Crippen MR) is 119 cm³/mol. The number of ether oxygens (including phenoxy) is 1. The highest BCUT2D eigenvalue weighted by Crippen LogP contribution is 2.40. The number of hydrogen-bond donors (Lipinski definition) is 0. The Balaban J connectivity index is 1.61. The summed E-state index contributed by atoms with van der Waals surface area (Å²) in [6.07, 6.45) is 7.71. The van der Waals surface area contributed by atoms with E-state index >= 15 is 0 Å². The molecule has 0 saturated carbocycles. The lowest BCUT2D eigenvalue weighted by atomic mass is 9.86. The molecule has 1 aliphatic rings. The zero-order chi connectivity index (χ0) is 21.7. The first kappa shape index (κ1) is 20.2. The van der Waals surface area contributed by atoms with Gasteiger partial charge in [0.2, 0.25) is 0 Å². The largest absolute Gasteiger partial charge is 0.373 e. The van der Waals surface area contributed by atoms with Crippen LogP contribution in [0.3, 0.4) is 0 Å². The van der Waals surface area contributed by atoms with Crippen LogP contribution in [0, 0.1) is 19.7 Å². The van der Waals surface area contributed by atoms with Crippen molar-refractivity contribution in [3.8, 4) is 11.1 Å². The highest BCUT2D eigenvalue weighted by molar-refractivity contribution is 6.30. The zero-order valence-corrected chi connectivity index (χ0v) is 18.5. The summed E-state index contributed by atoms with van der Waals surface area (Å²) in [6.45, 7) is 4.68. The molecule has 0 amide bonds. The molecule has 5 nitrogen and oxygen atoms in total. The number of halogens is 2. The van der Waals surface area contributed by atoms with Crippen molar-refractivity contribution >= 4 is 17.1 Å². The average Bonchev–Trinajstić information content (AvgIpc) is 3.31. The molecule has 0 bridgehead atoms. The molecule has 0 N–H and O–H groups in total. The van der Waals surface area contributed by atoms with Crippen molar-refractivity contribution in [1.29, 1.82) is 0 Å². The molecule has 0 spiro atoms. The van der Waals surface area contributed by atoms with Crippen molar-refractivity contribution < 1.29 is 9.13 Å². The van der Waals surface area contributed by atoms with E-state index in [0.29, 0.717) is 17.2 Å². The van der Waals surface area contributed by atoms with Crippen LogP contribution < -0.4 is 0 Å². The summed E-state index contributed by atoms with van der Waals surface area (Å²) in [5.41, 5.74) is 6.52. The molecule has 4 heterocycles. The highest BCUT2D eigenvalue weighted by Gasteiger charge is 2.27. The van der Waals surface area contributed by atoms with Crippen LogP contribution in [0.25, 0.3) is 16.6 Å². The second-order valence-corrected chi connectivity index (χ2v) is 8.78. The Hall–Kier alpha value is -2.70. The Kier molecular flexibility index (Phi) is 5.07. The topological polar surface area (TPSA) is 44.4 Å². The van der Waals surface area contributed by atoms with Gasteiger partial charge in [-0.1, -0.05) is 11.6 Å². The second kappa shape index (κ2) is 7.77. The number of benzene rings is 1. The maximum absolute atomic E-state index is 14.9. The summed E-state index contributed by atoms with van der Waals surface area (Å²) in [5.74, 6) is -0.0488. The van der Waals surface area contributed by atoms with Gasteiger partial charge in [0, 0.05) is 47.8 Å². The number of hydrogen-bond acceptors (Lipinski definition) is 3. The molecule has 3 aromatic heterocycles. The van der Waals surface area contributed by atoms with Gasteiger partial charge in [-0.15, -0.1) is 0 Å². The van der Waals surface area contributed by atoms with Crippen LogP contribution in [0.15, 0.2) is 42.9 Å². The molecule has 1 saturated heterocycles. The smallest absolute Gasteiger partial charge is 0.132 e. The molecule has 2 atom stereocenters. The van der Waals surface area contributed by atoms with Gasteiger partial charge in [0.25, 0.3) is 0 Å². The highest BCUT2D eigenvalue weighted by atomic mass is 35.5. The Morgan fingerprint density at radius 1 is 1.13 bits per heavy atom. The minimum atomic E-state index is -0.329. The summed E-state index contributed by atoms with van der Waals surface area (Å²) < 4.78 is 24.7.